The van der Waals surface area contributed by atoms with Crippen molar-refractivity contribution in [3.63, 3.8) is 0 Å². The number of anilines is 1. The molecule has 6 nitrogen and oxygen atoms in total. The molecule has 24 heavy (non-hydrogen) atoms. The lowest BCUT2D eigenvalue weighted by molar-refractivity contribution is -0.118. The zero-order valence-corrected chi connectivity index (χ0v) is 14.8. The van der Waals surface area contributed by atoms with Gasteiger partial charge in [0.1, 0.15) is 5.82 Å². The molecule has 0 aliphatic heterocycles. The van der Waals surface area contributed by atoms with Gasteiger partial charge in [0.15, 0.2) is 0 Å². The first kappa shape index (κ1) is 17.7. The molecule has 2 rings (SSSR count). The van der Waals surface area contributed by atoms with Gasteiger partial charge in [-0.3, -0.25) is 9.59 Å². The SMILES string of the molecule is Cc1ccc(NC(=O)C(C)C)c(C(=O)N(C)Cc2ncc(C)[nH]2)c1. The van der Waals surface area contributed by atoms with Crippen molar-refractivity contribution in [3.8, 4) is 0 Å². The van der Waals surface area contributed by atoms with Gasteiger partial charge < -0.3 is 15.2 Å². The molecule has 0 unspecified atom stereocenters. The molecular formula is C18H24N4O2. The summed E-state index contributed by atoms with van der Waals surface area (Å²) in [5.74, 6) is 0.297. The Hall–Kier alpha value is -2.63. The van der Waals surface area contributed by atoms with Crippen LogP contribution >= 0.6 is 0 Å². The Morgan fingerprint density at radius 2 is 2.00 bits per heavy atom. The third kappa shape index (κ3) is 4.22. The molecule has 1 heterocycles. The second-order valence-corrected chi connectivity index (χ2v) is 6.37. The van der Waals surface area contributed by atoms with E-state index in [-0.39, 0.29) is 17.7 Å². The molecule has 0 bridgehead atoms. The fourth-order valence-corrected chi connectivity index (χ4v) is 2.27. The molecule has 1 aromatic heterocycles. The van der Waals surface area contributed by atoms with Crippen molar-refractivity contribution < 1.29 is 9.59 Å². The Kier molecular flexibility index (Phi) is 5.39. The smallest absolute Gasteiger partial charge is 0.256 e. The number of nitrogens with one attached hydrogen (secondary N) is 2. The summed E-state index contributed by atoms with van der Waals surface area (Å²) in [5, 5.41) is 2.83. The number of carbonyl (C=O) groups is 2. The molecule has 0 fully saturated rings. The third-order valence-electron chi connectivity index (χ3n) is 3.68. The molecule has 128 valence electrons. The Morgan fingerprint density at radius 1 is 1.29 bits per heavy atom. The van der Waals surface area contributed by atoms with E-state index >= 15 is 0 Å². The van der Waals surface area contributed by atoms with Crippen molar-refractivity contribution in [1.82, 2.24) is 14.9 Å². The van der Waals surface area contributed by atoms with Gasteiger partial charge >= 0.3 is 0 Å². The van der Waals surface area contributed by atoms with Crippen molar-refractivity contribution in [2.45, 2.75) is 34.2 Å². The molecule has 2 amide bonds. The maximum atomic E-state index is 12.8. The highest BCUT2D eigenvalue weighted by Crippen LogP contribution is 2.20. The van der Waals surface area contributed by atoms with Gasteiger partial charge in [-0.2, -0.15) is 0 Å². The summed E-state index contributed by atoms with van der Waals surface area (Å²) in [6.45, 7) is 7.84. The van der Waals surface area contributed by atoms with Crippen molar-refractivity contribution in [1.29, 1.82) is 0 Å². The van der Waals surface area contributed by atoms with Crippen molar-refractivity contribution in [2.75, 3.05) is 12.4 Å². The number of carbonyl (C=O) groups excluding carboxylic acids is 2. The topological polar surface area (TPSA) is 78.1 Å². The highest BCUT2D eigenvalue weighted by atomic mass is 16.2. The molecule has 6 heteroatoms. The van der Waals surface area contributed by atoms with Gasteiger partial charge in [0.05, 0.1) is 17.8 Å². The molecule has 2 N–H and O–H groups in total. The first-order chi connectivity index (χ1) is 11.3. The van der Waals surface area contributed by atoms with E-state index in [9.17, 15) is 9.59 Å². The molecular weight excluding hydrogens is 304 g/mol. The number of amides is 2. The maximum Gasteiger partial charge on any atom is 0.256 e. The summed E-state index contributed by atoms with van der Waals surface area (Å²) >= 11 is 0. The summed E-state index contributed by atoms with van der Waals surface area (Å²) < 4.78 is 0. The van der Waals surface area contributed by atoms with Crippen LogP contribution in [0.4, 0.5) is 5.69 Å². The van der Waals surface area contributed by atoms with E-state index in [1.165, 1.54) is 0 Å². The third-order valence-corrected chi connectivity index (χ3v) is 3.68. The standard InChI is InChI=1S/C18H24N4O2/c1-11(2)17(23)21-15-7-6-12(3)8-14(15)18(24)22(5)10-16-19-9-13(4)20-16/h6-9,11H,10H2,1-5H3,(H,19,20)(H,21,23). The lowest BCUT2D eigenvalue weighted by Crippen LogP contribution is -2.28. The first-order valence-corrected chi connectivity index (χ1v) is 7.95. The van der Waals surface area contributed by atoms with Gasteiger partial charge in [0, 0.05) is 24.9 Å². The molecule has 0 spiro atoms. The Labute approximate surface area is 142 Å². The second-order valence-electron chi connectivity index (χ2n) is 6.37. The van der Waals surface area contributed by atoms with Crippen LogP contribution in [0.1, 0.15) is 41.3 Å². The second kappa shape index (κ2) is 7.29. The van der Waals surface area contributed by atoms with E-state index in [2.05, 4.69) is 15.3 Å². The van der Waals surface area contributed by atoms with Crippen LogP contribution in [0.2, 0.25) is 0 Å². The normalized spacial score (nSPS) is 10.8. The Bertz CT molecular complexity index is 749. The van der Waals surface area contributed by atoms with Gasteiger partial charge in [-0.15, -0.1) is 0 Å². The van der Waals surface area contributed by atoms with E-state index in [4.69, 9.17) is 0 Å². The fraction of sp³-hybridized carbons (Fsp3) is 0.389. The molecule has 0 saturated heterocycles. The maximum absolute atomic E-state index is 12.8. The monoisotopic (exact) mass is 328 g/mol. The van der Waals surface area contributed by atoms with Crippen molar-refractivity contribution in [3.05, 3.63) is 47.0 Å². The van der Waals surface area contributed by atoms with Crippen molar-refractivity contribution in [2.24, 2.45) is 5.92 Å². The van der Waals surface area contributed by atoms with Crippen LogP contribution in [0.5, 0.6) is 0 Å². The largest absolute Gasteiger partial charge is 0.345 e. The van der Waals surface area contributed by atoms with E-state index in [1.54, 1.807) is 30.3 Å². The highest BCUT2D eigenvalue weighted by molar-refractivity contribution is 6.04. The van der Waals surface area contributed by atoms with Crippen LogP contribution in [0.25, 0.3) is 0 Å². The Morgan fingerprint density at radius 3 is 2.58 bits per heavy atom. The number of benzene rings is 1. The van der Waals surface area contributed by atoms with Gasteiger partial charge in [-0.1, -0.05) is 25.5 Å². The number of imidazole rings is 1. The van der Waals surface area contributed by atoms with Crippen LogP contribution in [-0.2, 0) is 11.3 Å². The number of rotatable bonds is 5. The number of hydrogen-bond acceptors (Lipinski definition) is 3. The summed E-state index contributed by atoms with van der Waals surface area (Å²) in [4.78, 5) is 33.7. The quantitative estimate of drug-likeness (QED) is 0.886. The first-order valence-electron chi connectivity index (χ1n) is 7.95. The summed E-state index contributed by atoms with van der Waals surface area (Å²) in [7, 11) is 1.72. The number of aromatic nitrogens is 2. The summed E-state index contributed by atoms with van der Waals surface area (Å²) in [6, 6.07) is 5.44. The summed E-state index contributed by atoms with van der Waals surface area (Å²) in [5.41, 5.74) is 2.93. The number of aryl methyl sites for hydroxylation is 2. The average molecular weight is 328 g/mol. The van der Waals surface area contributed by atoms with Crippen LogP contribution < -0.4 is 5.32 Å². The molecule has 1 aromatic carbocycles. The molecule has 0 radical (unpaired) electrons. The lowest BCUT2D eigenvalue weighted by Gasteiger charge is -2.19. The molecule has 0 aliphatic rings. The van der Waals surface area contributed by atoms with Crippen LogP contribution in [0.15, 0.2) is 24.4 Å². The minimum atomic E-state index is -0.160. The number of nitrogens with zero attached hydrogens (tertiary/aromatic N) is 2. The molecule has 0 atom stereocenters. The number of hydrogen-bond donors (Lipinski definition) is 2. The predicted octanol–water partition coefficient (Wildman–Crippen LogP) is 2.89. The van der Waals surface area contributed by atoms with E-state index < -0.39 is 0 Å². The Balaban J connectivity index is 2.23. The van der Waals surface area contributed by atoms with Gasteiger partial charge in [-0.05, 0) is 26.0 Å². The van der Waals surface area contributed by atoms with Gasteiger partial charge in [0.2, 0.25) is 5.91 Å². The van der Waals surface area contributed by atoms with Crippen LogP contribution in [-0.4, -0.2) is 33.7 Å². The molecule has 0 aliphatic carbocycles. The zero-order valence-electron chi connectivity index (χ0n) is 14.8. The lowest BCUT2D eigenvalue weighted by atomic mass is 10.1. The van der Waals surface area contributed by atoms with E-state index in [0.29, 0.717) is 17.8 Å². The molecule has 2 aromatic rings. The number of H-pyrrole nitrogens is 1. The van der Waals surface area contributed by atoms with Crippen molar-refractivity contribution >= 4 is 17.5 Å². The minimum absolute atomic E-state index is 0.114. The minimum Gasteiger partial charge on any atom is -0.345 e. The number of aromatic amines is 1. The fourth-order valence-electron chi connectivity index (χ4n) is 2.27. The molecule has 0 saturated carbocycles. The van der Waals surface area contributed by atoms with E-state index in [1.807, 2.05) is 33.8 Å². The van der Waals surface area contributed by atoms with Crippen LogP contribution in [0, 0.1) is 19.8 Å². The van der Waals surface area contributed by atoms with Crippen LogP contribution in [0.3, 0.4) is 0 Å². The van der Waals surface area contributed by atoms with E-state index in [0.717, 1.165) is 17.1 Å². The van der Waals surface area contributed by atoms with Gasteiger partial charge in [0.25, 0.3) is 5.91 Å². The average Bonchev–Trinajstić information content (AvgIpc) is 2.93. The van der Waals surface area contributed by atoms with Gasteiger partial charge in [-0.25, -0.2) is 4.98 Å². The highest BCUT2D eigenvalue weighted by Gasteiger charge is 2.19. The summed E-state index contributed by atoms with van der Waals surface area (Å²) in [6.07, 6.45) is 1.73. The zero-order chi connectivity index (χ0) is 17.9. The predicted molar refractivity (Wildman–Crippen MR) is 93.8 cm³/mol.